The summed E-state index contributed by atoms with van der Waals surface area (Å²) < 4.78 is 63.6. The number of aryl methyl sites for hydroxylation is 1. The molecule has 0 bridgehead atoms. The Kier molecular flexibility index (Phi) is 3.74. The Balaban J connectivity index is 2.31. The molecule has 0 aliphatic heterocycles. The number of anilines is 1. The minimum absolute atomic E-state index is 0.0487. The van der Waals surface area contributed by atoms with Crippen molar-refractivity contribution in [1.82, 2.24) is 4.98 Å². The second kappa shape index (κ2) is 5.06. The molecule has 0 atom stereocenters. The third-order valence-corrected chi connectivity index (χ3v) is 5.06. The van der Waals surface area contributed by atoms with Crippen LogP contribution in [0.15, 0.2) is 34.7 Å². The van der Waals surface area contributed by atoms with Gasteiger partial charge in [-0.05, 0) is 25.1 Å². The van der Waals surface area contributed by atoms with Gasteiger partial charge in [-0.1, -0.05) is 6.07 Å². The third-order valence-electron chi connectivity index (χ3n) is 2.31. The van der Waals surface area contributed by atoms with Crippen molar-refractivity contribution in [2.24, 2.45) is 0 Å². The van der Waals surface area contributed by atoms with Gasteiger partial charge in [0.1, 0.15) is 0 Å². The molecular formula is C11H9F3N2O2S2. The first-order valence-corrected chi connectivity index (χ1v) is 7.61. The average Bonchev–Trinajstić information content (AvgIpc) is 2.75. The zero-order chi connectivity index (χ0) is 15.0. The molecule has 0 aliphatic carbocycles. The Bertz CT molecular complexity index is 723. The van der Waals surface area contributed by atoms with E-state index in [2.05, 4.69) is 9.71 Å². The Morgan fingerprint density at radius 1 is 1.30 bits per heavy atom. The van der Waals surface area contributed by atoms with Gasteiger partial charge in [0.25, 0.3) is 10.0 Å². The SMILES string of the molecule is Cc1ncc(S(=O)(=O)Nc2cccc(C(F)(F)F)c2)s1. The van der Waals surface area contributed by atoms with Gasteiger partial charge in [-0.25, -0.2) is 13.4 Å². The number of aromatic nitrogens is 1. The highest BCUT2D eigenvalue weighted by Crippen LogP contribution is 2.31. The molecule has 1 aromatic heterocycles. The third kappa shape index (κ3) is 3.28. The van der Waals surface area contributed by atoms with E-state index < -0.39 is 21.8 Å². The van der Waals surface area contributed by atoms with E-state index in [1.54, 1.807) is 6.92 Å². The maximum absolute atomic E-state index is 12.5. The number of thiazole rings is 1. The number of hydrogen-bond donors (Lipinski definition) is 1. The monoisotopic (exact) mass is 322 g/mol. The van der Waals surface area contributed by atoms with Crippen molar-refractivity contribution in [3.05, 3.63) is 41.0 Å². The first-order valence-electron chi connectivity index (χ1n) is 5.31. The molecule has 0 saturated carbocycles. The second-order valence-electron chi connectivity index (χ2n) is 3.88. The summed E-state index contributed by atoms with van der Waals surface area (Å²) in [6, 6.07) is 4.00. The predicted octanol–water partition coefficient (Wildman–Crippen LogP) is 3.27. The minimum Gasteiger partial charge on any atom is -0.279 e. The number of rotatable bonds is 3. The smallest absolute Gasteiger partial charge is 0.279 e. The molecule has 4 nitrogen and oxygen atoms in total. The van der Waals surface area contributed by atoms with Crippen molar-refractivity contribution in [3.63, 3.8) is 0 Å². The van der Waals surface area contributed by atoms with Crippen LogP contribution in [0.3, 0.4) is 0 Å². The van der Waals surface area contributed by atoms with Crippen LogP contribution in [0.5, 0.6) is 0 Å². The summed E-state index contributed by atoms with van der Waals surface area (Å²) in [6.07, 6.45) is -3.36. The van der Waals surface area contributed by atoms with Crippen molar-refractivity contribution in [3.8, 4) is 0 Å². The number of alkyl halides is 3. The highest BCUT2D eigenvalue weighted by atomic mass is 32.2. The zero-order valence-electron chi connectivity index (χ0n) is 10.1. The van der Waals surface area contributed by atoms with Crippen LogP contribution < -0.4 is 4.72 Å². The molecule has 0 amide bonds. The summed E-state index contributed by atoms with van der Waals surface area (Å²) in [4.78, 5) is 3.80. The van der Waals surface area contributed by atoms with Crippen LogP contribution in [-0.4, -0.2) is 13.4 Å². The molecule has 0 fully saturated rings. The zero-order valence-corrected chi connectivity index (χ0v) is 11.7. The first-order chi connectivity index (χ1) is 9.18. The van der Waals surface area contributed by atoms with Crippen LogP contribution in [0.4, 0.5) is 18.9 Å². The fraction of sp³-hybridized carbons (Fsp3) is 0.182. The van der Waals surface area contributed by atoms with E-state index in [4.69, 9.17) is 0 Å². The number of sulfonamides is 1. The lowest BCUT2D eigenvalue weighted by Crippen LogP contribution is -2.12. The van der Waals surface area contributed by atoms with Crippen molar-refractivity contribution in [2.75, 3.05) is 4.72 Å². The van der Waals surface area contributed by atoms with Gasteiger partial charge in [0, 0.05) is 5.69 Å². The summed E-state index contributed by atoms with van der Waals surface area (Å²) in [5.74, 6) is 0. The van der Waals surface area contributed by atoms with Crippen molar-refractivity contribution in [2.45, 2.75) is 17.3 Å². The van der Waals surface area contributed by atoms with Gasteiger partial charge in [-0.15, -0.1) is 11.3 Å². The van der Waals surface area contributed by atoms with Crippen LogP contribution in [0, 0.1) is 6.92 Å². The van der Waals surface area contributed by atoms with Crippen LogP contribution in [-0.2, 0) is 16.2 Å². The molecule has 1 aromatic carbocycles. The van der Waals surface area contributed by atoms with Crippen LogP contribution >= 0.6 is 11.3 Å². The predicted molar refractivity (Wildman–Crippen MR) is 69.1 cm³/mol. The maximum Gasteiger partial charge on any atom is 0.416 e. The highest BCUT2D eigenvalue weighted by molar-refractivity contribution is 7.94. The maximum atomic E-state index is 12.5. The van der Waals surface area contributed by atoms with E-state index in [-0.39, 0.29) is 9.90 Å². The molecule has 0 aliphatic rings. The second-order valence-corrected chi connectivity index (χ2v) is 7.03. The fourth-order valence-corrected chi connectivity index (χ4v) is 3.59. The number of halogens is 3. The summed E-state index contributed by atoms with van der Waals surface area (Å²) in [5, 5.41) is 0.550. The quantitative estimate of drug-likeness (QED) is 0.943. The first kappa shape index (κ1) is 14.8. The molecule has 20 heavy (non-hydrogen) atoms. The number of nitrogens with one attached hydrogen (secondary N) is 1. The Morgan fingerprint density at radius 3 is 2.55 bits per heavy atom. The van der Waals surface area contributed by atoms with Crippen LogP contribution in [0.25, 0.3) is 0 Å². The molecule has 0 spiro atoms. The lowest BCUT2D eigenvalue weighted by Gasteiger charge is -2.10. The molecule has 0 radical (unpaired) electrons. The largest absolute Gasteiger partial charge is 0.416 e. The number of hydrogen-bond acceptors (Lipinski definition) is 4. The van der Waals surface area contributed by atoms with E-state index in [0.29, 0.717) is 5.01 Å². The van der Waals surface area contributed by atoms with E-state index >= 15 is 0 Å². The summed E-state index contributed by atoms with van der Waals surface area (Å²) >= 11 is 0.940. The fourth-order valence-electron chi connectivity index (χ4n) is 1.43. The minimum atomic E-state index is -4.53. The summed E-state index contributed by atoms with van der Waals surface area (Å²) in [7, 11) is -3.92. The molecule has 2 aromatic rings. The van der Waals surface area contributed by atoms with Crippen molar-refractivity contribution in [1.29, 1.82) is 0 Å². The molecule has 0 unspecified atom stereocenters. The topological polar surface area (TPSA) is 59.1 Å². The molecule has 1 heterocycles. The van der Waals surface area contributed by atoms with Crippen molar-refractivity contribution >= 4 is 27.0 Å². The molecule has 0 saturated heterocycles. The molecule has 2 rings (SSSR count). The molecule has 1 N–H and O–H groups in total. The van der Waals surface area contributed by atoms with Gasteiger partial charge < -0.3 is 0 Å². The molecular weight excluding hydrogens is 313 g/mol. The van der Waals surface area contributed by atoms with Crippen LogP contribution in [0.1, 0.15) is 10.6 Å². The Hall–Kier alpha value is -1.61. The van der Waals surface area contributed by atoms with E-state index in [0.717, 1.165) is 35.7 Å². The molecule has 9 heteroatoms. The van der Waals surface area contributed by atoms with Gasteiger partial charge >= 0.3 is 6.18 Å². The van der Waals surface area contributed by atoms with Gasteiger partial charge in [0.2, 0.25) is 0 Å². The highest BCUT2D eigenvalue weighted by Gasteiger charge is 2.30. The van der Waals surface area contributed by atoms with E-state index in [1.807, 2.05) is 0 Å². The number of benzene rings is 1. The Labute approximate surface area is 117 Å². The van der Waals surface area contributed by atoms with E-state index in [1.165, 1.54) is 6.07 Å². The summed E-state index contributed by atoms with van der Waals surface area (Å²) in [6.45, 7) is 1.63. The Morgan fingerprint density at radius 2 is 2.00 bits per heavy atom. The average molecular weight is 322 g/mol. The van der Waals surface area contributed by atoms with Gasteiger partial charge in [0.05, 0.1) is 16.8 Å². The standard InChI is InChI=1S/C11H9F3N2O2S2/c1-7-15-6-10(19-7)20(17,18)16-9-4-2-3-8(5-9)11(12,13)14/h2-6,16H,1H3. The van der Waals surface area contributed by atoms with Gasteiger partial charge in [-0.2, -0.15) is 13.2 Å². The molecule has 108 valence electrons. The lowest BCUT2D eigenvalue weighted by molar-refractivity contribution is -0.137. The van der Waals surface area contributed by atoms with Crippen molar-refractivity contribution < 1.29 is 21.6 Å². The van der Waals surface area contributed by atoms with Gasteiger partial charge in [0.15, 0.2) is 4.21 Å². The lowest BCUT2D eigenvalue weighted by atomic mass is 10.2. The van der Waals surface area contributed by atoms with E-state index in [9.17, 15) is 21.6 Å². The summed E-state index contributed by atoms with van der Waals surface area (Å²) in [5.41, 5.74) is -1.07. The normalized spacial score (nSPS) is 12.4. The number of nitrogens with zero attached hydrogens (tertiary/aromatic N) is 1. The van der Waals surface area contributed by atoms with Crippen LogP contribution in [0.2, 0.25) is 0 Å². The van der Waals surface area contributed by atoms with Gasteiger partial charge in [-0.3, -0.25) is 4.72 Å².